The van der Waals surface area contributed by atoms with E-state index in [0.717, 1.165) is 31.4 Å². The number of carbonyl (C=O) groups is 1. The smallest absolute Gasteiger partial charge is 0.315 e. The molecular formula is C10H18N2O2S. The average Bonchev–Trinajstić information content (AvgIpc) is 2.73. The van der Waals surface area contributed by atoms with E-state index in [1.807, 2.05) is 11.8 Å². The number of aliphatic hydroxyl groups excluding tert-OH is 1. The first kappa shape index (κ1) is 11.1. The van der Waals surface area contributed by atoms with Gasteiger partial charge in [0.2, 0.25) is 0 Å². The summed E-state index contributed by atoms with van der Waals surface area (Å²) >= 11 is 1.95. The zero-order chi connectivity index (χ0) is 10.7. The van der Waals surface area contributed by atoms with Crippen molar-refractivity contribution in [1.29, 1.82) is 0 Å². The van der Waals surface area contributed by atoms with E-state index in [-0.39, 0.29) is 6.03 Å². The van der Waals surface area contributed by atoms with Crippen LogP contribution in [0.2, 0.25) is 0 Å². The van der Waals surface area contributed by atoms with Gasteiger partial charge in [0.15, 0.2) is 0 Å². The molecule has 0 aliphatic carbocycles. The van der Waals surface area contributed by atoms with Crippen molar-refractivity contribution < 1.29 is 9.90 Å². The predicted octanol–water partition coefficient (Wildman–Crippen LogP) is 0.705. The van der Waals surface area contributed by atoms with Crippen LogP contribution in [0.4, 0.5) is 4.79 Å². The summed E-state index contributed by atoms with van der Waals surface area (Å²) in [6.07, 6.45) is 4.29. The Labute approximate surface area is 94.2 Å². The van der Waals surface area contributed by atoms with Gasteiger partial charge in [-0.3, -0.25) is 0 Å². The van der Waals surface area contributed by atoms with Gasteiger partial charge >= 0.3 is 6.03 Å². The fourth-order valence-electron chi connectivity index (χ4n) is 2.28. The molecule has 0 spiro atoms. The van der Waals surface area contributed by atoms with Crippen LogP contribution in [-0.2, 0) is 0 Å². The Hall–Kier alpha value is -0.420. The maximum absolute atomic E-state index is 11.1. The first-order valence-electron chi connectivity index (χ1n) is 5.61. The number of aliphatic hydroxyl groups is 1. The Morgan fingerprint density at radius 3 is 3.00 bits per heavy atom. The highest BCUT2D eigenvalue weighted by Crippen LogP contribution is 2.33. The quantitative estimate of drug-likeness (QED) is 0.481. The summed E-state index contributed by atoms with van der Waals surface area (Å²) in [4.78, 5) is 11.1. The van der Waals surface area contributed by atoms with Crippen molar-refractivity contribution in [3.05, 3.63) is 0 Å². The molecule has 0 aromatic rings. The number of unbranched alkanes of at least 4 members (excludes halogenated alkanes) is 2. The molecule has 0 radical (unpaired) electrons. The molecule has 2 aliphatic heterocycles. The van der Waals surface area contributed by atoms with E-state index < -0.39 is 0 Å². The van der Waals surface area contributed by atoms with Gasteiger partial charge in [0, 0.05) is 17.6 Å². The summed E-state index contributed by atoms with van der Waals surface area (Å²) in [5, 5.41) is 15.2. The van der Waals surface area contributed by atoms with Crippen LogP contribution in [0.25, 0.3) is 0 Å². The number of thioether (sulfide) groups is 1. The average molecular weight is 230 g/mol. The van der Waals surface area contributed by atoms with Crippen molar-refractivity contribution in [2.45, 2.75) is 43.0 Å². The van der Waals surface area contributed by atoms with Crippen LogP contribution in [0.1, 0.15) is 25.7 Å². The van der Waals surface area contributed by atoms with Crippen LogP contribution >= 0.6 is 11.8 Å². The number of urea groups is 1. The fraction of sp³-hybridized carbons (Fsp3) is 0.900. The monoisotopic (exact) mass is 230 g/mol. The van der Waals surface area contributed by atoms with Gasteiger partial charge in [0.25, 0.3) is 0 Å². The van der Waals surface area contributed by atoms with E-state index in [0.29, 0.717) is 23.9 Å². The Kier molecular flexibility index (Phi) is 3.75. The van der Waals surface area contributed by atoms with Crippen LogP contribution in [0.3, 0.4) is 0 Å². The Morgan fingerprint density at radius 1 is 1.33 bits per heavy atom. The topological polar surface area (TPSA) is 61.4 Å². The van der Waals surface area contributed by atoms with E-state index in [9.17, 15) is 4.79 Å². The van der Waals surface area contributed by atoms with E-state index in [4.69, 9.17) is 5.11 Å². The molecule has 0 bridgehead atoms. The third-order valence-electron chi connectivity index (χ3n) is 3.08. The summed E-state index contributed by atoms with van der Waals surface area (Å²) in [5.41, 5.74) is 0. The van der Waals surface area contributed by atoms with Gasteiger partial charge in [-0.05, 0) is 12.8 Å². The Balaban J connectivity index is 1.72. The highest BCUT2D eigenvalue weighted by atomic mass is 32.2. The number of rotatable bonds is 5. The molecule has 2 fully saturated rings. The van der Waals surface area contributed by atoms with Crippen molar-refractivity contribution in [2.75, 3.05) is 12.4 Å². The number of hydrogen-bond acceptors (Lipinski definition) is 3. The zero-order valence-corrected chi connectivity index (χ0v) is 9.55. The molecule has 86 valence electrons. The van der Waals surface area contributed by atoms with Gasteiger partial charge < -0.3 is 15.7 Å². The van der Waals surface area contributed by atoms with Gasteiger partial charge in [0.05, 0.1) is 12.1 Å². The molecule has 0 aromatic heterocycles. The molecule has 2 unspecified atom stereocenters. The molecule has 2 amide bonds. The largest absolute Gasteiger partial charge is 0.396 e. The molecule has 2 saturated heterocycles. The molecule has 5 heteroatoms. The standard InChI is InChI=1S/C10H18N2O2S/c13-5-3-1-2-4-8-9-7(6-15-8)11-10(14)12-9/h7-9,13H,1-6H2,(H2,11,12,14)/t7?,8-,9?/m0/s1. The minimum Gasteiger partial charge on any atom is -0.396 e. The summed E-state index contributed by atoms with van der Waals surface area (Å²) in [5.74, 6) is 1.04. The SMILES string of the molecule is O=C1NC2CS[C@@H](CCCCCO)C2N1. The lowest BCUT2D eigenvalue weighted by atomic mass is 10.0. The molecule has 15 heavy (non-hydrogen) atoms. The summed E-state index contributed by atoms with van der Waals surface area (Å²) in [6.45, 7) is 0.294. The van der Waals surface area contributed by atoms with Crippen LogP contribution in [-0.4, -0.2) is 40.8 Å². The normalized spacial score (nSPS) is 33.7. The second kappa shape index (κ2) is 5.07. The highest BCUT2D eigenvalue weighted by Gasteiger charge is 2.42. The summed E-state index contributed by atoms with van der Waals surface area (Å²) < 4.78 is 0. The van der Waals surface area contributed by atoms with E-state index in [2.05, 4.69) is 10.6 Å². The number of nitrogens with one attached hydrogen (secondary N) is 2. The van der Waals surface area contributed by atoms with E-state index >= 15 is 0 Å². The Morgan fingerprint density at radius 2 is 2.20 bits per heavy atom. The zero-order valence-electron chi connectivity index (χ0n) is 8.74. The lowest BCUT2D eigenvalue weighted by Gasteiger charge is -2.16. The van der Waals surface area contributed by atoms with Crippen LogP contribution < -0.4 is 10.6 Å². The van der Waals surface area contributed by atoms with Crippen LogP contribution in [0, 0.1) is 0 Å². The second-order valence-electron chi connectivity index (χ2n) is 4.19. The molecule has 3 N–H and O–H groups in total. The number of carbonyl (C=O) groups excluding carboxylic acids is 1. The maximum atomic E-state index is 11.1. The predicted molar refractivity (Wildman–Crippen MR) is 61.0 cm³/mol. The highest BCUT2D eigenvalue weighted by molar-refractivity contribution is 8.00. The number of hydrogen-bond donors (Lipinski definition) is 3. The summed E-state index contributed by atoms with van der Waals surface area (Å²) in [6, 6.07) is 0.660. The van der Waals surface area contributed by atoms with Crippen molar-refractivity contribution in [3.8, 4) is 0 Å². The van der Waals surface area contributed by atoms with Gasteiger partial charge in [-0.2, -0.15) is 11.8 Å². The molecule has 2 rings (SSSR count). The molecule has 4 nitrogen and oxygen atoms in total. The second-order valence-corrected chi connectivity index (χ2v) is 5.47. The van der Waals surface area contributed by atoms with E-state index in [1.54, 1.807) is 0 Å². The van der Waals surface area contributed by atoms with Gasteiger partial charge in [0.1, 0.15) is 0 Å². The van der Waals surface area contributed by atoms with Crippen LogP contribution in [0.15, 0.2) is 0 Å². The van der Waals surface area contributed by atoms with Crippen molar-refractivity contribution in [1.82, 2.24) is 10.6 Å². The molecule has 0 aromatic carbocycles. The van der Waals surface area contributed by atoms with Gasteiger partial charge in [-0.15, -0.1) is 0 Å². The molecular weight excluding hydrogens is 212 g/mol. The lowest BCUT2D eigenvalue weighted by Crippen LogP contribution is -2.36. The maximum Gasteiger partial charge on any atom is 0.315 e. The Bertz CT molecular complexity index is 237. The minimum absolute atomic E-state index is 0.00865. The molecule has 2 heterocycles. The summed E-state index contributed by atoms with van der Waals surface area (Å²) in [7, 11) is 0. The van der Waals surface area contributed by atoms with E-state index in [1.165, 1.54) is 0 Å². The molecule has 2 aliphatic rings. The first-order valence-corrected chi connectivity index (χ1v) is 6.65. The number of amides is 2. The number of fused-ring (bicyclic) bond motifs is 1. The third kappa shape index (κ3) is 2.58. The van der Waals surface area contributed by atoms with Crippen molar-refractivity contribution in [3.63, 3.8) is 0 Å². The fourth-order valence-corrected chi connectivity index (χ4v) is 3.82. The lowest BCUT2D eigenvalue weighted by molar-refractivity contribution is 0.247. The van der Waals surface area contributed by atoms with Crippen LogP contribution in [0.5, 0.6) is 0 Å². The van der Waals surface area contributed by atoms with Crippen molar-refractivity contribution >= 4 is 17.8 Å². The minimum atomic E-state index is -0.00865. The van der Waals surface area contributed by atoms with Gasteiger partial charge in [-0.25, -0.2) is 4.79 Å². The molecule has 0 saturated carbocycles. The first-order chi connectivity index (χ1) is 7.31. The van der Waals surface area contributed by atoms with Gasteiger partial charge in [-0.1, -0.05) is 12.8 Å². The van der Waals surface area contributed by atoms with Crippen molar-refractivity contribution in [2.24, 2.45) is 0 Å². The molecule has 3 atom stereocenters. The third-order valence-corrected chi connectivity index (χ3v) is 4.59.